The van der Waals surface area contributed by atoms with Crippen LogP contribution in [0.4, 0.5) is 0 Å². The maximum atomic E-state index is 12.2. The van der Waals surface area contributed by atoms with Crippen molar-refractivity contribution in [3.05, 3.63) is 17.9 Å². The smallest absolute Gasteiger partial charge is 0.371 e. The summed E-state index contributed by atoms with van der Waals surface area (Å²) in [4.78, 5) is 22.7. The van der Waals surface area contributed by atoms with E-state index in [1.807, 2.05) is 0 Å². The van der Waals surface area contributed by atoms with Crippen LogP contribution in [0, 0.1) is 0 Å². The number of carbonyl (C=O) groups is 2. The van der Waals surface area contributed by atoms with Gasteiger partial charge in [0.2, 0.25) is 11.7 Å². The summed E-state index contributed by atoms with van der Waals surface area (Å²) < 4.78 is 17.1. The molecule has 7 heteroatoms. The van der Waals surface area contributed by atoms with Gasteiger partial charge in [-0.15, -0.1) is 0 Å². The van der Waals surface area contributed by atoms with Crippen molar-refractivity contribution in [2.24, 2.45) is 0 Å². The molecule has 1 fully saturated rings. The lowest BCUT2D eigenvalue weighted by Gasteiger charge is -2.15. The first-order chi connectivity index (χ1) is 9.49. The minimum absolute atomic E-state index is 0.0106. The average Bonchev–Trinajstić information content (AvgIpc) is 3.07. The Bertz CT molecular complexity index is 533. The summed E-state index contributed by atoms with van der Waals surface area (Å²) in [7, 11) is -1.70. The predicted octanol–water partition coefficient (Wildman–Crippen LogP) is 1.53. The van der Waals surface area contributed by atoms with Crippen LogP contribution in [0.2, 0.25) is 0 Å². The van der Waals surface area contributed by atoms with Gasteiger partial charge >= 0.3 is 5.97 Å². The molecule has 0 aromatic carbocycles. The third-order valence-corrected chi connectivity index (χ3v) is 4.85. The summed E-state index contributed by atoms with van der Waals surface area (Å²) in [5.74, 6) is -1.79. The van der Waals surface area contributed by atoms with Crippen molar-refractivity contribution in [1.82, 2.24) is 5.32 Å². The number of carboxylic acid groups (broad SMARTS) is 1. The van der Waals surface area contributed by atoms with Gasteiger partial charge in [-0.3, -0.25) is 9.00 Å². The molecule has 2 unspecified atom stereocenters. The molecule has 1 aliphatic rings. The first kappa shape index (κ1) is 14.8. The second kappa shape index (κ2) is 6.21. The highest BCUT2D eigenvalue weighted by atomic mass is 32.2. The molecule has 0 bridgehead atoms. The van der Waals surface area contributed by atoms with Gasteiger partial charge in [0.1, 0.15) is 16.0 Å². The van der Waals surface area contributed by atoms with Crippen molar-refractivity contribution in [1.29, 1.82) is 0 Å². The maximum Gasteiger partial charge on any atom is 0.371 e. The number of hydrogen-bond acceptors (Lipinski definition) is 4. The van der Waals surface area contributed by atoms with Gasteiger partial charge in [-0.2, -0.15) is 0 Å². The summed E-state index contributed by atoms with van der Waals surface area (Å²) in [5, 5.41) is 10.9. The number of rotatable bonds is 5. The number of amides is 1. The van der Waals surface area contributed by atoms with Gasteiger partial charge < -0.3 is 14.8 Å². The lowest BCUT2D eigenvalue weighted by molar-refractivity contribution is -0.121. The molecule has 1 aliphatic carbocycles. The van der Waals surface area contributed by atoms with Crippen molar-refractivity contribution in [2.75, 3.05) is 0 Å². The van der Waals surface area contributed by atoms with Crippen molar-refractivity contribution in [3.8, 4) is 0 Å². The quantitative estimate of drug-likeness (QED) is 0.859. The van der Waals surface area contributed by atoms with E-state index >= 15 is 0 Å². The number of carboxylic acids is 1. The molecule has 2 N–H and O–H groups in total. The van der Waals surface area contributed by atoms with E-state index in [4.69, 9.17) is 9.52 Å². The van der Waals surface area contributed by atoms with E-state index in [1.54, 1.807) is 6.92 Å². The normalized spacial score (nSPS) is 18.6. The molecule has 0 aliphatic heterocycles. The summed E-state index contributed by atoms with van der Waals surface area (Å²) in [6.07, 6.45) is 4.11. The van der Waals surface area contributed by atoms with Crippen LogP contribution in [0.15, 0.2) is 21.6 Å². The van der Waals surface area contributed by atoms with Crippen LogP contribution < -0.4 is 5.32 Å². The Balaban J connectivity index is 1.99. The monoisotopic (exact) mass is 299 g/mol. The number of furan rings is 1. The molecule has 0 radical (unpaired) electrons. The van der Waals surface area contributed by atoms with Crippen LogP contribution in [-0.2, 0) is 15.6 Å². The number of aromatic carboxylic acids is 1. The van der Waals surface area contributed by atoms with E-state index in [-0.39, 0.29) is 22.8 Å². The molecule has 110 valence electrons. The minimum Gasteiger partial charge on any atom is -0.475 e. The van der Waals surface area contributed by atoms with Gasteiger partial charge in [-0.05, 0) is 31.9 Å². The van der Waals surface area contributed by atoms with E-state index in [0.717, 1.165) is 25.7 Å². The largest absolute Gasteiger partial charge is 0.475 e. The van der Waals surface area contributed by atoms with Crippen molar-refractivity contribution < 1.29 is 23.3 Å². The van der Waals surface area contributed by atoms with Crippen molar-refractivity contribution in [2.45, 2.75) is 49.0 Å². The molecule has 1 amide bonds. The van der Waals surface area contributed by atoms with Crippen LogP contribution in [0.3, 0.4) is 0 Å². The first-order valence-electron chi connectivity index (χ1n) is 6.53. The Morgan fingerprint density at radius 1 is 1.40 bits per heavy atom. The molecule has 1 aromatic heterocycles. The van der Waals surface area contributed by atoms with Crippen LogP contribution in [0.1, 0.15) is 43.2 Å². The van der Waals surface area contributed by atoms with E-state index < -0.39 is 22.0 Å². The van der Waals surface area contributed by atoms with Gasteiger partial charge in [0, 0.05) is 6.04 Å². The number of nitrogens with one attached hydrogen (secondary N) is 1. The van der Waals surface area contributed by atoms with Gasteiger partial charge in [-0.1, -0.05) is 12.8 Å². The summed E-state index contributed by atoms with van der Waals surface area (Å²) in [5.41, 5.74) is 0. The molecule has 1 aromatic rings. The zero-order valence-corrected chi connectivity index (χ0v) is 11.9. The highest BCUT2D eigenvalue weighted by molar-refractivity contribution is 7.86. The van der Waals surface area contributed by atoms with Crippen molar-refractivity contribution in [3.63, 3.8) is 0 Å². The Kier molecular flexibility index (Phi) is 4.59. The molecule has 2 rings (SSSR count). The fraction of sp³-hybridized carbons (Fsp3) is 0.538. The standard InChI is InChI=1S/C13H17NO5S/c1-8(12(15)14-9-4-2-3-5-9)20(18)11-7-6-10(19-11)13(16)17/h6-9H,2-5H2,1H3,(H,14,15)(H,16,17). The van der Waals surface area contributed by atoms with Gasteiger partial charge in [0.15, 0.2) is 5.09 Å². The third-order valence-electron chi connectivity index (χ3n) is 3.38. The van der Waals surface area contributed by atoms with Crippen LogP contribution in [0.5, 0.6) is 0 Å². The molecule has 20 heavy (non-hydrogen) atoms. The summed E-state index contributed by atoms with van der Waals surface area (Å²) in [6, 6.07) is 2.73. The van der Waals surface area contributed by atoms with Crippen LogP contribution in [0.25, 0.3) is 0 Å². The summed E-state index contributed by atoms with van der Waals surface area (Å²) in [6.45, 7) is 1.54. The zero-order chi connectivity index (χ0) is 14.7. The molecule has 1 heterocycles. The second-order valence-electron chi connectivity index (χ2n) is 4.85. The molecule has 2 atom stereocenters. The second-order valence-corrected chi connectivity index (χ2v) is 6.56. The lowest BCUT2D eigenvalue weighted by Crippen LogP contribution is -2.40. The van der Waals surface area contributed by atoms with E-state index in [2.05, 4.69) is 5.32 Å². The highest BCUT2D eigenvalue weighted by Gasteiger charge is 2.27. The zero-order valence-electron chi connectivity index (χ0n) is 11.1. The number of carbonyl (C=O) groups excluding carboxylic acids is 1. The molecule has 6 nitrogen and oxygen atoms in total. The van der Waals surface area contributed by atoms with Crippen molar-refractivity contribution >= 4 is 22.7 Å². The highest BCUT2D eigenvalue weighted by Crippen LogP contribution is 2.19. The van der Waals surface area contributed by atoms with E-state index in [1.165, 1.54) is 12.1 Å². The van der Waals surface area contributed by atoms with E-state index in [0.29, 0.717) is 0 Å². The summed E-state index contributed by atoms with van der Waals surface area (Å²) >= 11 is 0. The Labute approximate surface area is 119 Å². The predicted molar refractivity (Wildman–Crippen MR) is 71.9 cm³/mol. The maximum absolute atomic E-state index is 12.2. The van der Waals surface area contributed by atoms with Crippen LogP contribution in [-0.4, -0.2) is 32.5 Å². The lowest BCUT2D eigenvalue weighted by atomic mass is 10.2. The molecule has 1 saturated carbocycles. The Morgan fingerprint density at radius 2 is 2.05 bits per heavy atom. The fourth-order valence-corrected chi connectivity index (χ4v) is 3.19. The van der Waals surface area contributed by atoms with Gasteiger partial charge in [0.25, 0.3) is 0 Å². The fourth-order valence-electron chi connectivity index (χ4n) is 2.20. The topological polar surface area (TPSA) is 96.6 Å². The van der Waals surface area contributed by atoms with Gasteiger partial charge in [0.05, 0.1) is 0 Å². The van der Waals surface area contributed by atoms with Crippen LogP contribution >= 0.6 is 0 Å². The molecule has 0 spiro atoms. The average molecular weight is 299 g/mol. The third kappa shape index (κ3) is 3.27. The molecule has 0 saturated heterocycles. The van der Waals surface area contributed by atoms with Gasteiger partial charge in [-0.25, -0.2) is 4.79 Å². The SMILES string of the molecule is CC(C(=O)NC1CCCC1)S(=O)c1ccc(C(=O)O)o1. The Hall–Kier alpha value is -1.63. The molecular weight excluding hydrogens is 282 g/mol. The number of hydrogen-bond donors (Lipinski definition) is 2. The van der Waals surface area contributed by atoms with E-state index in [9.17, 15) is 13.8 Å². The minimum atomic E-state index is -1.70. The first-order valence-corrected chi connectivity index (χ1v) is 7.74. The molecular formula is C13H17NO5S. The Morgan fingerprint density at radius 3 is 2.60 bits per heavy atom.